The monoisotopic (exact) mass is 510 g/mol. The van der Waals surface area contributed by atoms with Crippen LogP contribution in [0.2, 0.25) is 0 Å². The van der Waals surface area contributed by atoms with Crippen molar-refractivity contribution >= 4 is 36.0 Å². The molecule has 2 aliphatic rings. The fourth-order valence-electron chi connectivity index (χ4n) is 3.51. The minimum Gasteiger partial charge on any atom is -0.444 e. The summed E-state index contributed by atoms with van der Waals surface area (Å²) in [6, 6.07) is 0. The van der Waals surface area contributed by atoms with E-state index >= 15 is 0 Å². The summed E-state index contributed by atoms with van der Waals surface area (Å²) in [7, 11) is 0. The summed E-state index contributed by atoms with van der Waals surface area (Å²) in [4.78, 5) is 18.8. The second-order valence-electron chi connectivity index (χ2n) is 8.50. The molecule has 2 unspecified atom stereocenters. The van der Waals surface area contributed by atoms with Gasteiger partial charge in [-0.2, -0.15) is 0 Å². The van der Waals surface area contributed by atoms with Crippen LogP contribution in [-0.2, 0) is 9.47 Å². The van der Waals surface area contributed by atoms with Crippen molar-refractivity contribution in [3.8, 4) is 0 Å². The van der Waals surface area contributed by atoms with E-state index in [9.17, 15) is 4.79 Å². The number of hydrogen-bond acceptors (Lipinski definition) is 4. The maximum absolute atomic E-state index is 12.3. The zero-order chi connectivity index (χ0) is 19.7. The van der Waals surface area contributed by atoms with Crippen molar-refractivity contribution < 1.29 is 14.3 Å². The Hall–Kier alpha value is -0.770. The van der Waals surface area contributed by atoms with Crippen LogP contribution in [0, 0.1) is 5.92 Å². The number of carbonyl (C=O) groups is 1. The third-order valence-electron chi connectivity index (χ3n) is 4.84. The number of amides is 1. The number of halogens is 1. The normalized spacial score (nSPS) is 23.1. The van der Waals surface area contributed by atoms with Crippen LogP contribution in [0.25, 0.3) is 0 Å². The Morgan fingerprint density at radius 3 is 2.68 bits per heavy atom. The molecular formula is C20H39IN4O3. The molecule has 0 aromatic carbocycles. The van der Waals surface area contributed by atoms with E-state index in [1.54, 1.807) is 0 Å². The highest BCUT2D eigenvalue weighted by Gasteiger charge is 2.27. The lowest BCUT2D eigenvalue weighted by atomic mass is 9.95. The standard InChI is InChI=1S/C20H38N4O3.HI/c1-5-21-18(23-14-17-9-7-13-26-17)22-11-10-16-8-6-12-24(15-16)19(25)27-20(2,3)4;/h16-17H,5-15H2,1-4H3,(H2,21,22,23);1H. The van der Waals surface area contributed by atoms with Crippen molar-refractivity contribution in [2.75, 3.05) is 39.3 Å². The molecule has 0 saturated carbocycles. The molecule has 2 fully saturated rings. The Bertz CT molecular complexity index is 490. The van der Waals surface area contributed by atoms with Crippen molar-refractivity contribution in [2.45, 2.75) is 71.5 Å². The number of guanidine groups is 1. The molecule has 2 atom stereocenters. The van der Waals surface area contributed by atoms with Crippen LogP contribution in [0.4, 0.5) is 4.79 Å². The van der Waals surface area contributed by atoms with Gasteiger partial charge in [0.25, 0.3) is 0 Å². The first-order valence-electron chi connectivity index (χ1n) is 10.5. The third kappa shape index (κ3) is 9.62. The maximum atomic E-state index is 12.3. The molecule has 0 aromatic rings. The van der Waals surface area contributed by atoms with Gasteiger partial charge >= 0.3 is 6.09 Å². The Labute approximate surface area is 187 Å². The molecule has 0 aliphatic carbocycles. The van der Waals surface area contributed by atoms with Gasteiger partial charge in [0, 0.05) is 32.8 Å². The van der Waals surface area contributed by atoms with E-state index in [4.69, 9.17) is 9.47 Å². The minimum absolute atomic E-state index is 0. The Morgan fingerprint density at radius 2 is 2.04 bits per heavy atom. The number of hydrogen-bond donors (Lipinski definition) is 2. The number of likely N-dealkylation sites (tertiary alicyclic amines) is 1. The number of ether oxygens (including phenoxy) is 2. The second kappa shape index (κ2) is 12.7. The lowest BCUT2D eigenvalue weighted by Crippen LogP contribution is -2.44. The van der Waals surface area contributed by atoms with Crippen LogP contribution in [0.5, 0.6) is 0 Å². The summed E-state index contributed by atoms with van der Waals surface area (Å²) in [6.45, 7) is 12.6. The fourth-order valence-corrected chi connectivity index (χ4v) is 3.51. The molecule has 0 bridgehead atoms. The van der Waals surface area contributed by atoms with E-state index in [2.05, 4.69) is 22.5 Å². The van der Waals surface area contributed by atoms with E-state index in [1.807, 2.05) is 25.7 Å². The molecule has 1 amide bonds. The lowest BCUT2D eigenvalue weighted by Gasteiger charge is -2.34. The maximum Gasteiger partial charge on any atom is 0.410 e. The molecule has 2 heterocycles. The van der Waals surface area contributed by atoms with Gasteiger partial charge in [0.05, 0.1) is 12.6 Å². The lowest BCUT2D eigenvalue weighted by molar-refractivity contribution is 0.0162. The van der Waals surface area contributed by atoms with Gasteiger partial charge < -0.3 is 25.0 Å². The molecule has 2 N–H and O–H groups in total. The highest BCUT2D eigenvalue weighted by Crippen LogP contribution is 2.21. The van der Waals surface area contributed by atoms with Gasteiger partial charge in [-0.25, -0.2) is 4.79 Å². The topological polar surface area (TPSA) is 75.2 Å². The molecule has 0 radical (unpaired) electrons. The SMILES string of the molecule is CCNC(=NCC1CCCO1)NCCC1CCCN(C(=O)OC(C)(C)C)C1.I. The van der Waals surface area contributed by atoms with Gasteiger partial charge in [-0.05, 0) is 65.7 Å². The summed E-state index contributed by atoms with van der Waals surface area (Å²) >= 11 is 0. The average Bonchev–Trinajstić information content (AvgIpc) is 3.12. The van der Waals surface area contributed by atoms with Crippen LogP contribution in [-0.4, -0.2) is 68.0 Å². The van der Waals surface area contributed by atoms with Gasteiger partial charge in [-0.15, -0.1) is 24.0 Å². The summed E-state index contributed by atoms with van der Waals surface area (Å²) in [6.07, 6.45) is 5.53. The van der Waals surface area contributed by atoms with E-state index in [0.717, 1.165) is 70.8 Å². The number of nitrogens with zero attached hydrogens (tertiary/aromatic N) is 2. The van der Waals surface area contributed by atoms with Gasteiger partial charge in [-0.1, -0.05) is 0 Å². The first-order chi connectivity index (χ1) is 12.9. The van der Waals surface area contributed by atoms with Crippen LogP contribution < -0.4 is 10.6 Å². The van der Waals surface area contributed by atoms with Crippen molar-refractivity contribution in [3.63, 3.8) is 0 Å². The average molecular weight is 510 g/mol. The first kappa shape index (κ1) is 25.3. The van der Waals surface area contributed by atoms with Crippen molar-refractivity contribution in [1.82, 2.24) is 15.5 Å². The van der Waals surface area contributed by atoms with Gasteiger partial charge in [0.1, 0.15) is 5.60 Å². The number of carbonyl (C=O) groups excluding carboxylic acids is 1. The number of piperidine rings is 1. The summed E-state index contributed by atoms with van der Waals surface area (Å²) in [5, 5.41) is 6.72. The summed E-state index contributed by atoms with van der Waals surface area (Å²) < 4.78 is 11.1. The smallest absolute Gasteiger partial charge is 0.410 e. The zero-order valence-corrected chi connectivity index (χ0v) is 20.3. The highest BCUT2D eigenvalue weighted by molar-refractivity contribution is 14.0. The largest absolute Gasteiger partial charge is 0.444 e. The summed E-state index contributed by atoms with van der Waals surface area (Å²) in [5.41, 5.74) is -0.439. The third-order valence-corrected chi connectivity index (χ3v) is 4.84. The van der Waals surface area contributed by atoms with Gasteiger partial charge in [0.15, 0.2) is 5.96 Å². The molecule has 0 aromatic heterocycles. The second-order valence-corrected chi connectivity index (χ2v) is 8.50. The Balaban J connectivity index is 0.00000392. The van der Waals surface area contributed by atoms with E-state index in [1.165, 1.54) is 0 Å². The van der Waals surface area contributed by atoms with Crippen molar-refractivity contribution in [3.05, 3.63) is 0 Å². The van der Waals surface area contributed by atoms with Crippen LogP contribution in [0.15, 0.2) is 4.99 Å². The number of aliphatic imine (C=N–C) groups is 1. The van der Waals surface area contributed by atoms with E-state index in [0.29, 0.717) is 12.5 Å². The van der Waals surface area contributed by atoms with Crippen LogP contribution >= 0.6 is 24.0 Å². The minimum atomic E-state index is -0.439. The highest BCUT2D eigenvalue weighted by atomic mass is 127. The van der Waals surface area contributed by atoms with E-state index in [-0.39, 0.29) is 36.2 Å². The number of rotatable bonds is 6. The molecule has 8 heteroatoms. The molecule has 164 valence electrons. The molecule has 2 rings (SSSR count). The number of nitrogens with one attached hydrogen (secondary N) is 2. The van der Waals surface area contributed by atoms with Gasteiger partial charge in [-0.3, -0.25) is 4.99 Å². The predicted molar refractivity (Wildman–Crippen MR) is 124 cm³/mol. The van der Waals surface area contributed by atoms with Crippen molar-refractivity contribution in [1.29, 1.82) is 0 Å². The van der Waals surface area contributed by atoms with E-state index < -0.39 is 5.60 Å². The predicted octanol–water partition coefficient (Wildman–Crippen LogP) is 3.38. The molecular weight excluding hydrogens is 471 g/mol. The fraction of sp³-hybridized carbons (Fsp3) is 0.900. The van der Waals surface area contributed by atoms with Crippen LogP contribution in [0.3, 0.4) is 0 Å². The van der Waals surface area contributed by atoms with Crippen molar-refractivity contribution in [2.24, 2.45) is 10.9 Å². The Morgan fingerprint density at radius 1 is 1.25 bits per heavy atom. The molecule has 7 nitrogen and oxygen atoms in total. The zero-order valence-electron chi connectivity index (χ0n) is 18.0. The summed E-state index contributed by atoms with van der Waals surface area (Å²) in [5.74, 6) is 1.35. The molecule has 2 saturated heterocycles. The van der Waals surface area contributed by atoms with Crippen LogP contribution in [0.1, 0.15) is 59.8 Å². The molecule has 28 heavy (non-hydrogen) atoms. The quantitative estimate of drug-likeness (QED) is 0.326. The first-order valence-corrected chi connectivity index (χ1v) is 10.5. The molecule has 0 spiro atoms. The molecule has 2 aliphatic heterocycles. The van der Waals surface area contributed by atoms with Gasteiger partial charge in [0.2, 0.25) is 0 Å². The Kier molecular flexibility index (Phi) is 11.5.